The monoisotopic (exact) mass is 388 g/mol. The summed E-state index contributed by atoms with van der Waals surface area (Å²) in [5.41, 5.74) is 2.89. The Balaban J connectivity index is 1.54. The molecule has 7 heteroatoms. The molecular formula is C20H21FN2O3S. The average Bonchev–Trinajstić information content (AvgIpc) is 2.99. The van der Waals surface area contributed by atoms with Crippen LogP contribution in [0.2, 0.25) is 0 Å². The Morgan fingerprint density at radius 3 is 2.74 bits per heavy atom. The highest BCUT2D eigenvalue weighted by molar-refractivity contribution is 7.89. The molecule has 0 bridgehead atoms. The summed E-state index contributed by atoms with van der Waals surface area (Å²) >= 11 is 0. The van der Waals surface area contributed by atoms with Gasteiger partial charge in [0.1, 0.15) is 11.6 Å². The summed E-state index contributed by atoms with van der Waals surface area (Å²) in [6.45, 7) is 2.41. The second-order valence-electron chi connectivity index (χ2n) is 6.74. The first-order chi connectivity index (χ1) is 13.0. The van der Waals surface area contributed by atoms with Crippen molar-refractivity contribution < 1.29 is 17.5 Å². The summed E-state index contributed by atoms with van der Waals surface area (Å²) < 4.78 is 47.1. The molecule has 3 aromatic rings. The van der Waals surface area contributed by atoms with Crippen molar-refractivity contribution in [3.63, 3.8) is 0 Å². The molecule has 1 unspecified atom stereocenters. The molecule has 0 spiro atoms. The van der Waals surface area contributed by atoms with E-state index >= 15 is 0 Å². The van der Waals surface area contributed by atoms with E-state index in [-0.39, 0.29) is 16.8 Å². The van der Waals surface area contributed by atoms with Crippen molar-refractivity contribution in [3.8, 4) is 5.75 Å². The third kappa shape index (κ3) is 3.57. The lowest BCUT2D eigenvalue weighted by Crippen LogP contribution is -2.38. The van der Waals surface area contributed by atoms with Crippen molar-refractivity contribution in [2.45, 2.75) is 37.1 Å². The first-order valence-corrected chi connectivity index (χ1v) is 10.5. The summed E-state index contributed by atoms with van der Waals surface area (Å²) in [6.07, 6.45) is 2.00. The quantitative estimate of drug-likeness (QED) is 0.702. The Kier molecular flexibility index (Phi) is 4.65. The lowest BCUT2D eigenvalue weighted by molar-refractivity contribution is 0.340. The van der Waals surface area contributed by atoms with Crippen LogP contribution in [0.4, 0.5) is 4.39 Å². The predicted octanol–water partition coefficient (Wildman–Crippen LogP) is 3.54. The highest BCUT2D eigenvalue weighted by Gasteiger charge is 2.26. The van der Waals surface area contributed by atoms with Gasteiger partial charge in [-0.2, -0.15) is 0 Å². The summed E-state index contributed by atoms with van der Waals surface area (Å²) in [6, 6.07) is 10.9. The van der Waals surface area contributed by atoms with E-state index in [0.717, 1.165) is 28.6 Å². The summed E-state index contributed by atoms with van der Waals surface area (Å²) in [5, 5.41) is 0.955. The highest BCUT2D eigenvalue weighted by Crippen LogP contribution is 2.30. The SMILES string of the molecule is CCOc1ccc(S(=O)(=O)NC2CCc3[nH]c4cc(F)ccc4c3C2)cc1. The normalized spacial score (nSPS) is 17.0. The molecular weight excluding hydrogens is 367 g/mol. The molecule has 2 N–H and O–H groups in total. The number of rotatable bonds is 5. The number of halogens is 1. The van der Waals surface area contributed by atoms with Gasteiger partial charge >= 0.3 is 0 Å². The number of fused-ring (bicyclic) bond motifs is 3. The summed E-state index contributed by atoms with van der Waals surface area (Å²) in [4.78, 5) is 3.48. The van der Waals surface area contributed by atoms with Gasteiger partial charge in [0, 0.05) is 22.6 Å². The largest absolute Gasteiger partial charge is 0.494 e. The van der Waals surface area contributed by atoms with Gasteiger partial charge in [0.25, 0.3) is 0 Å². The third-order valence-electron chi connectivity index (χ3n) is 4.92. The maximum absolute atomic E-state index is 13.4. The van der Waals surface area contributed by atoms with Gasteiger partial charge < -0.3 is 9.72 Å². The molecule has 4 rings (SSSR count). The van der Waals surface area contributed by atoms with Crippen LogP contribution in [0.15, 0.2) is 47.4 Å². The minimum Gasteiger partial charge on any atom is -0.494 e. The number of benzene rings is 2. The number of nitrogens with one attached hydrogen (secondary N) is 2. The van der Waals surface area contributed by atoms with E-state index in [1.165, 1.54) is 12.1 Å². The van der Waals surface area contributed by atoms with Crippen LogP contribution in [0.25, 0.3) is 10.9 Å². The lowest BCUT2D eigenvalue weighted by Gasteiger charge is -2.23. The number of hydrogen-bond acceptors (Lipinski definition) is 3. The van der Waals surface area contributed by atoms with Crippen LogP contribution in [0.5, 0.6) is 5.75 Å². The molecule has 5 nitrogen and oxygen atoms in total. The predicted molar refractivity (Wildman–Crippen MR) is 102 cm³/mol. The Hall–Kier alpha value is -2.38. The zero-order chi connectivity index (χ0) is 19.0. The first-order valence-electron chi connectivity index (χ1n) is 9.00. The van der Waals surface area contributed by atoms with E-state index < -0.39 is 10.0 Å². The third-order valence-corrected chi connectivity index (χ3v) is 6.45. The van der Waals surface area contributed by atoms with E-state index in [1.807, 2.05) is 6.92 Å². The van der Waals surface area contributed by atoms with E-state index in [4.69, 9.17) is 4.74 Å². The van der Waals surface area contributed by atoms with Crippen molar-refractivity contribution in [1.82, 2.24) is 9.71 Å². The zero-order valence-electron chi connectivity index (χ0n) is 15.0. The van der Waals surface area contributed by atoms with Crippen molar-refractivity contribution in [2.24, 2.45) is 0 Å². The van der Waals surface area contributed by atoms with Crippen LogP contribution in [0, 0.1) is 5.82 Å². The fraction of sp³-hybridized carbons (Fsp3) is 0.300. The van der Waals surface area contributed by atoms with Crippen molar-refractivity contribution in [2.75, 3.05) is 6.61 Å². The number of sulfonamides is 1. The molecule has 27 heavy (non-hydrogen) atoms. The molecule has 0 fully saturated rings. The Morgan fingerprint density at radius 2 is 2.00 bits per heavy atom. The number of aryl methyl sites for hydroxylation is 1. The number of H-pyrrole nitrogens is 1. The van der Waals surface area contributed by atoms with Gasteiger partial charge in [-0.05, 0) is 74.2 Å². The van der Waals surface area contributed by atoms with Gasteiger partial charge in [-0.3, -0.25) is 0 Å². The lowest BCUT2D eigenvalue weighted by atomic mass is 9.92. The van der Waals surface area contributed by atoms with Crippen LogP contribution in [0.1, 0.15) is 24.6 Å². The molecule has 1 aliphatic carbocycles. The number of aromatic amines is 1. The van der Waals surface area contributed by atoms with Crippen molar-refractivity contribution >= 4 is 20.9 Å². The average molecular weight is 388 g/mol. The van der Waals surface area contributed by atoms with E-state index in [2.05, 4.69) is 9.71 Å². The topological polar surface area (TPSA) is 71.2 Å². The molecule has 0 saturated carbocycles. The van der Waals surface area contributed by atoms with Gasteiger partial charge in [0.15, 0.2) is 0 Å². The van der Waals surface area contributed by atoms with Gasteiger partial charge in [-0.15, -0.1) is 0 Å². The molecule has 1 aromatic heterocycles. The van der Waals surface area contributed by atoms with Gasteiger partial charge in [0.2, 0.25) is 10.0 Å². The van der Waals surface area contributed by atoms with E-state index in [0.29, 0.717) is 25.2 Å². The number of aromatic nitrogens is 1. The molecule has 0 radical (unpaired) electrons. The zero-order valence-corrected chi connectivity index (χ0v) is 15.8. The fourth-order valence-electron chi connectivity index (χ4n) is 3.67. The standard InChI is InChI=1S/C20H21FN2O3S/c1-2-26-15-5-7-16(8-6-15)27(24,25)23-14-4-10-19-18(12-14)17-9-3-13(21)11-20(17)22-19/h3,5-9,11,14,22-23H,2,4,10,12H2,1H3. The Labute approximate surface area is 157 Å². The molecule has 1 aliphatic rings. The molecule has 0 saturated heterocycles. The molecule has 0 amide bonds. The molecule has 142 valence electrons. The van der Waals surface area contributed by atoms with Crippen molar-refractivity contribution in [3.05, 3.63) is 59.5 Å². The maximum atomic E-state index is 13.4. The minimum atomic E-state index is -3.61. The van der Waals surface area contributed by atoms with Gasteiger partial charge in [-0.25, -0.2) is 17.5 Å². The number of ether oxygens (including phenoxy) is 1. The second-order valence-corrected chi connectivity index (χ2v) is 8.45. The highest BCUT2D eigenvalue weighted by atomic mass is 32.2. The molecule has 1 atom stereocenters. The number of hydrogen-bond donors (Lipinski definition) is 2. The minimum absolute atomic E-state index is 0.196. The van der Waals surface area contributed by atoms with Crippen LogP contribution >= 0.6 is 0 Å². The smallest absolute Gasteiger partial charge is 0.240 e. The molecule has 0 aliphatic heterocycles. The first kappa shape index (κ1) is 18.0. The van der Waals surface area contributed by atoms with E-state index in [9.17, 15) is 12.8 Å². The van der Waals surface area contributed by atoms with Crippen LogP contribution in [-0.4, -0.2) is 26.1 Å². The van der Waals surface area contributed by atoms with Crippen LogP contribution in [-0.2, 0) is 22.9 Å². The Morgan fingerprint density at radius 1 is 1.22 bits per heavy atom. The van der Waals surface area contributed by atoms with Crippen LogP contribution in [0.3, 0.4) is 0 Å². The van der Waals surface area contributed by atoms with Gasteiger partial charge in [0.05, 0.1) is 11.5 Å². The Bertz CT molecular complexity index is 1070. The molecule has 1 heterocycles. The summed E-state index contributed by atoms with van der Waals surface area (Å²) in [7, 11) is -3.61. The maximum Gasteiger partial charge on any atom is 0.240 e. The van der Waals surface area contributed by atoms with Gasteiger partial charge in [-0.1, -0.05) is 0 Å². The summed E-state index contributed by atoms with van der Waals surface area (Å²) in [5.74, 6) is 0.360. The molecule has 2 aromatic carbocycles. The van der Waals surface area contributed by atoms with Crippen molar-refractivity contribution in [1.29, 1.82) is 0 Å². The fourth-order valence-corrected chi connectivity index (χ4v) is 4.94. The van der Waals surface area contributed by atoms with E-state index in [1.54, 1.807) is 30.3 Å². The second kappa shape index (κ2) is 6.98. The van der Waals surface area contributed by atoms with Crippen LogP contribution < -0.4 is 9.46 Å².